The maximum absolute atomic E-state index is 4.35. The van der Waals surface area contributed by atoms with Gasteiger partial charge in [0, 0.05) is 0 Å². The molecule has 0 amide bonds. The normalized spacial score (nSPS) is 13.4. The predicted octanol–water partition coefficient (Wildman–Crippen LogP) is 3.20. The van der Waals surface area contributed by atoms with Crippen LogP contribution in [0.4, 0.5) is 0 Å². The van der Waals surface area contributed by atoms with Gasteiger partial charge in [0.1, 0.15) is 6.33 Å². The summed E-state index contributed by atoms with van der Waals surface area (Å²) in [6.45, 7) is 4.40. The van der Waals surface area contributed by atoms with E-state index in [9.17, 15) is 0 Å². The summed E-state index contributed by atoms with van der Waals surface area (Å²) in [6, 6.07) is 2.05. The second-order valence-electron chi connectivity index (χ2n) is 3.20. The van der Waals surface area contributed by atoms with E-state index in [1.807, 2.05) is 6.07 Å². The first kappa shape index (κ1) is 8.63. The quantitative estimate of drug-likeness (QED) is 0.730. The lowest BCUT2D eigenvalue weighted by Crippen LogP contribution is -1.95. The van der Waals surface area contributed by atoms with Gasteiger partial charge < -0.3 is 0 Å². The molecule has 0 bridgehead atoms. The molecule has 13 heavy (non-hydrogen) atoms. The Kier molecular flexibility index (Phi) is 2.27. The molecular weight excluding hydrogens is 180 g/mol. The molecule has 2 aromatic rings. The fraction of sp³-hybridized carbons (Fsp3) is 0.400. The Balaban J connectivity index is 2.60. The molecule has 2 heterocycles. The van der Waals surface area contributed by atoms with E-state index in [1.54, 1.807) is 17.7 Å². The molecule has 0 radical (unpaired) electrons. The first-order valence-electron chi connectivity index (χ1n) is 4.51. The summed E-state index contributed by atoms with van der Waals surface area (Å²) < 4.78 is 1.25. The molecule has 3 heteroatoms. The van der Waals surface area contributed by atoms with Crippen LogP contribution in [-0.4, -0.2) is 9.97 Å². The van der Waals surface area contributed by atoms with Crippen LogP contribution in [0, 0.1) is 0 Å². The van der Waals surface area contributed by atoms with Crippen LogP contribution in [-0.2, 0) is 0 Å². The Morgan fingerprint density at radius 2 is 2.31 bits per heavy atom. The summed E-state index contributed by atoms with van der Waals surface area (Å²) in [7, 11) is 0. The SMILES string of the molecule is CCC(C)c1ncnc2ccsc12. The van der Waals surface area contributed by atoms with Crippen molar-refractivity contribution in [1.29, 1.82) is 0 Å². The Hall–Kier alpha value is -0.960. The van der Waals surface area contributed by atoms with E-state index in [2.05, 4.69) is 29.2 Å². The minimum atomic E-state index is 0.532. The third kappa shape index (κ3) is 1.44. The molecule has 1 atom stereocenters. The summed E-state index contributed by atoms with van der Waals surface area (Å²) in [5.41, 5.74) is 2.28. The molecule has 2 aromatic heterocycles. The monoisotopic (exact) mass is 192 g/mol. The van der Waals surface area contributed by atoms with E-state index >= 15 is 0 Å². The van der Waals surface area contributed by atoms with Crippen molar-refractivity contribution in [2.45, 2.75) is 26.2 Å². The Labute approximate surface area is 81.7 Å². The zero-order chi connectivity index (χ0) is 9.26. The minimum absolute atomic E-state index is 0.532. The van der Waals surface area contributed by atoms with E-state index in [0.717, 1.165) is 11.9 Å². The van der Waals surface area contributed by atoms with Gasteiger partial charge in [-0.15, -0.1) is 11.3 Å². The van der Waals surface area contributed by atoms with E-state index in [0.29, 0.717) is 5.92 Å². The Bertz CT molecular complexity index is 408. The van der Waals surface area contributed by atoms with Crippen LogP contribution in [0.2, 0.25) is 0 Å². The highest BCUT2D eigenvalue weighted by Crippen LogP contribution is 2.27. The third-order valence-electron chi connectivity index (χ3n) is 2.35. The minimum Gasteiger partial charge on any atom is -0.240 e. The largest absolute Gasteiger partial charge is 0.240 e. The average molecular weight is 192 g/mol. The van der Waals surface area contributed by atoms with E-state index in [-0.39, 0.29) is 0 Å². The van der Waals surface area contributed by atoms with Crippen molar-refractivity contribution in [2.24, 2.45) is 0 Å². The molecule has 2 nitrogen and oxygen atoms in total. The zero-order valence-corrected chi connectivity index (χ0v) is 8.64. The summed E-state index contributed by atoms with van der Waals surface area (Å²) in [5, 5.41) is 2.07. The second-order valence-corrected chi connectivity index (χ2v) is 4.12. The number of nitrogens with zero attached hydrogens (tertiary/aromatic N) is 2. The molecule has 0 aliphatic heterocycles. The molecule has 68 valence electrons. The van der Waals surface area contributed by atoms with Crippen LogP contribution in [0.5, 0.6) is 0 Å². The fourth-order valence-electron chi connectivity index (χ4n) is 1.35. The van der Waals surface area contributed by atoms with Gasteiger partial charge in [-0.05, 0) is 23.8 Å². The topological polar surface area (TPSA) is 25.8 Å². The van der Waals surface area contributed by atoms with Crippen molar-refractivity contribution in [3.8, 4) is 0 Å². The number of fused-ring (bicyclic) bond motifs is 1. The van der Waals surface area contributed by atoms with Crippen molar-refractivity contribution in [3.63, 3.8) is 0 Å². The number of hydrogen-bond acceptors (Lipinski definition) is 3. The van der Waals surface area contributed by atoms with Crippen molar-refractivity contribution < 1.29 is 0 Å². The van der Waals surface area contributed by atoms with Crippen molar-refractivity contribution in [1.82, 2.24) is 9.97 Å². The van der Waals surface area contributed by atoms with Gasteiger partial charge in [-0.2, -0.15) is 0 Å². The van der Waals surface area contributed by atoms with Crippen LogP contribution in [0.3, 0.4) is 0 Å². The molecule has 0 aromatic carbocycles. The molecule has 0 fully saturated rings. The van der Waals surface area contributed by atoms with E-state index in [4.69, 9.17) is 0 Å². The smallest absolute Gasteiger partial charge is 0.116 e. The summed E-state index contributed by atoms with van der Waals surface area (Å²) >= 11 is 1.73. The zero-order valence-electron chi connectivity index (χ0n) is 7.82. The van der Waals surface area contributed by atoms with Crippen LogP contribution >= 0.6 is 11.3 Å². The molecule has 1 unspecified atom stereocenters. The summed E-state index contributed by atoms with van der Waals surface area (Å²) in [6.07, 6.45) is 2.79. The Morgan fingerprint density at radius 3 is 3.08 bits per heavy atom. The number of rotatable bonds is 2. The number of thiophene rings is 1. The van der Waals surface area contributed by atoms with Crippen LogP contribution in [0.15, 0.2) is 17.8 Å². The molecule has 0 saturated carbocycles. The van der Waals surface area contributed by atoms with E-state index in [1.165, 1.54) is 10.4 Å². The molecule has 0 aliphatic rings. The first-order valence-corrected chi connectivity index (χ1v) is 5.39. The molecule has 0 aliphatic carbocycles. The van der Waals surface area contributed by atoms with Gasteiger partial charge in [0.15, 0.2) is 0 Å². The standard InChI is InChI=1S/C10H12N2S/c1-3-7(2)9-10-8(4-5-13-10)11-6-12-9/h4-7H,3H2,1-2H3. The lowest BCUT2D eigenvalue weighted by Gasteiger charge is -2.07. The van der Waals surface area contributed by atoms with Gasteiger partial charge in [0.05, 0.1) is 15.9 Å². The highest BCUT2D eigenvalue weighted by molar-refractivity contribution is 7.17. The van der Waals surface area contributed by atoms with Crippen molar-refractivity contribution in [2.75, 3.05) is 0 Å². The van der Waals surface area contributed by atoms with Gasteiger partial charge in [-0.25, -0.2) is 9.97 Å². The van der Waals surface area contributed by atoms with Crippen LogP contribution < -0.4 is 0 Å². The highest BCUT2D eigenvalue weighted by Gasteiger charge is 2.10. The Morgan fingerprint density at radius 1 is 1.46 bits per heavy atom. The van der Waals surface area contributed by atoms with Gasteiger partial charge in [-0.1, -0.05) is 13.8 Å². The number of hydrogen-bond donors (Lipinski definition) is 0. The molecule has 2 rings (SSSR count). The fourth-order valence-corrected chi connectivity index (χ4v) is 2.30. The third-order valence-corrected chi connectivity index (χ3v) is 3.28. The van der Waals surface area contributed by atoms with Gasteiger partial charge in [0.2, 0.25) is 0 Å². The predicted molar refractivity (Wildman–Crippen MR) is 56.1 cm³/mol. The van der Waals surface area contributed by atoms with Crippen LogP contribution in [0.25, 0.3) is 10.2 Å². The van der Waals surface area contributed by atoms with Gasteiger partial charge in [0.25, 0.3) is 0 Å². The van der Waals surface area contributed by atoms with Crippen molar-refractivity contribution in [3.05, 3.63) is 23.5 Å². The summed E-state index contributed by atoms with van der Waals surface area (Å²) in [5.74, 6) is 0.532. The summed E-state index contributed by atoms with van der Waals surface area (Å²) in [4.78, 5) is 8.57. The lowest BCUT2D eigenvalue weighted by molar-refractivity contribution is 0.714. The molecular formula is C10H12N2S. The van der Waals surface area contributed by atoms with E-state index < -0.39 is 0 Å². The molecule has 0 saturated heterocycles. The lowest BCUT2D eigenvalue weighted by atomic mass is 10.0. The maximum atomic E-state index is 4.35. The second kappa shape index (κ2) is 3.42. The van der Waals surface area contributed by atoms with Crippen LogP contribution in [0.1, 0.15) is 31.9 Å². The average Bonchev–Trinajstić information content (AvgIpc) is 2.63. The number of aromatic nitrogens is 2. The first-order chi connectivity index (χ1) is 6.33. The van der Waals surface area contributed by atoms with Crippen molar-refractivity contribution >= 4 is 21.6 Å². The molecule has 0 N–H and O–H groups in total. The molecule has 0 spiro atoms. The highest BCUT2D eigenvalue weighted by atomic mass is 32.1. The maximum Gasteiger partial charge on any atom is 0.116 e. The van der Waals surface area contributed by atoms with Gasteiger partial charge >= 0.3 is 0 Å². The van der Waals surface area contributed by atoms with Gasteiger partial charge in [-0.3, -0.25) is 0 Å².